The van der Waals surface area contributed by atoms with E-state index in [1.165, 1.54) is 20.3 Å². The summed E-state index contributed by atoms with van der Waals surface area (Å²) in [6.45, 7) is 9.56. The molecular weight excluding hydrogens is 756 g/mol. The molecule has 2 aliphatic heterocycles. The molecule has 2 aromatic heterocycles. The van der Waals surface area contributed by atoms with E-state index < -0.39 is 30.1 Å². The maximum Gasteiger partial charge on any atom is 0.407 e. The van der Waals surface area contributed by atoms with Crippen LogP contribution < -0.4 is 10.6 Å². The number of rotatable bonds is 10. The first-order valence-corrected chi connectivity index (χ1v) is 20.4. The Morgan fingerprint density at radius 2 is 1.46 bits per heavy atom. The minimum Gasteiger partial charge on any atom is -0.453 e. The van der Waals surface area contributed by atoms with Gasteiger partial charge in [-0.3, -0.25) is 9.59 Å². The third-order valence-electron chi connectivity index (χ3n) is 12.4. The standard InChI is InChI=1S/C44H51FN8O6/c1-21(2)36(50-43(56)58-6)41(54)52-23(5)8-15-33(52)40-47-31-14-11-26-16-24(9-12-28(26)38(31)49-40)25-10-13-29(30(45)17-25)32-20-46-39(48-32)35-19-27-18-34(27)53(35)42(55)37(22(3)4)51-44(57)59-7/h9-14,16-17,20-23,27,33-37H,8,15,18-19H2,1-7H3,(H,46,48)(H,47,49)(H,50,56)(H,51,57)/t23?,27?,33-,34+,35-,36-,37-/m0/s1. The zero-order chi connectivity index (χ0) is 41.9. The Morgan fingerprint density at radius 1 is 0.797 bits per heavy atom. The minimum atomic E-state index is -0.743. The molecule has 3 fully saturated rings. The van der Waals surface area contributed by atoms with Crippen LogP contribution in [0.1, 0.15) is 84.0 Å². The first-order chi connectivity index (χ1) is 28.3. The Labute approximate surface area is 341 Å². The van der Waals surface area contributed by atoms with Gasteiger partial charge < -0.3 is 39.9 Å². The summed E-state index contributed by atoms with van der Waals surface area (Å²) in [6, 6.07) is 13.0. The number of amides is 4. The van der Waals surface area contributed by atoms with Crippen molar-refractivity contribution in [1.29, 1.82) is 0 Å². The molecule has 4 heterocycles. The van der Waals surface area contributed by atoms with E-state index in [0.29, 0.717) is 34.4 Å². The maximum atomic E-state index is 16.0. The average Bonchev–Trinajstić information content (AvgIpc) is 3.66. The quantitative estimate of drug-likeness (QED) is 0.113. The number of halogens is 1. The number of imidazole rings is 2. The van der Waals surface area contributed by atoms with Crippen molar-refractivity contribution in [2.45, 2.75) is 96.6 Å². The van der Waals surface area contributed by atoms with Crippen LogP contribution in [0.4, 0.5) is 14.0 Å². The number of hydrogen-bond acceptors (Lipinski definition) is 8. The highest BCUT2D eigenvalue weighted by Crippen LogP contribution is 2.53. The summed E-state index contributed by atoms with van der Waals surface area (Å²) < 4.78 is 25.5. The molecular formula is C44H51FN8O6. The van der Waals surface area contributed by atoms with Gasteiger partial charge in [0.05, 0.1) is 49.2 Å². The van der Waals surface area contributed by atoms with Crippen LogP contribution in [-0.4, -0.2) is 92.1 Å². The van der Waals surface area contributed by atoms with Gasteiger partial charge in [-0.25, -0.2) is 23.9 Å². The Hall–Kier alpha value is -5.99. The van der Waals surface area contributed by atoms with Crippen LogP contribution in [0.5, 0.6) is 0 Å². The zero-order valence-electron chi connectivity index (χ0n) is 34.3. The van der Waals surface area contributed by atoms with Crippen molar-refractivity contribution in [3.05, 3.63) is 72.2 Å². The van der Waals surface area contributed by atoms with Crippen LogP contribution in [0.15, 0.2) is 54.7 Å². The fourth-order valence-electron chi connectivity index (χ4n) is 9.08. The Morgan fingerprint density at radius 3 is 2.12 bits per heavy atom. The number of benzene rings is 3. The SMILES string of the molecule is COC(=O)N[C@H](C(=O)N1C(C)CC[C@H]1c1nc2c(ccc3cc(-c4ccc(-c5cnc([C@@H]6CC7C[C@H]7N6C(=O)[C@@H](NC(=O)OC)C(C)C)[nH]5)c(F)c4)ccc32)[nH]1)C(C)C. The number of carbonyl (C=O) groups excluding carboxylic acids is 4. The van der Waals surface area contributed by atoms with Crippen LogP contribution >= 0.6 is 0 Å². The number of carbonyl (C=O) groups is 4. The first-order valence-electron chi connectivity index (χ1n) is 20.4. The second-order valence-electron chi connectivity index (χ2n) is 16.9. The maximum absolute atomic E-state index is 16.0. The first kappa shape index (κ1) is 39.8. The van der Waals surface area contributed by atoms with E-state index in [2.05, 4.69) is 25.6 Å². The normalized spacial score (nSPS) is 22.2. The number of ether oxygens (including phenoxy) is 2. The van der Waals surface area contributed by atoms with E-state index in [4.69, 9.17) is 14.5 Å². The summed E-state index contributed by atoms with van der Waals surface area (Å²) in [5.41, 5.74) is 4.03. The van der Waals surface area contributed by atoms with E-state index >= 15 is 4.39 Å². The minimum absolute atomic E-state index is 0.0394. The van der Waals surface area contributed by atoms with Crippen molar-refractivity contribution in [2.24, 2.45) is 17.8 Å². The van der Waals surface area contributed by atoms with Crippen molar-refractivity contribution in [2.75, 3.05) is 14.2 Å². The fourth-order valence-corrected chi connectivity index (χ4v) is 9.08. The van der Waals surface area contributed by atoms with Gasteiger partial charge >= 0.3 is 12.2 Å². The second kappa shape index (κ2) is 15.6. The van der Waals surface area contributed by atoms with E-state index in [1.807, 2.05) is 80.8 Å². The molecule has 3 aromatic carbocycles. The lowest BCUT2D eigenvalue weighted by Crippen LogP contribution is -2.52. The molecule has 4 amide bonds. The van der Waals surface area contributed by atoms with Crippen LogP contribution in [0.25, 0.3) is 44.2 Å². The van der Waals surface area contributed by atoms with Gasteiger partial charge in [0.1, 0.15) is 29.5 Å². The number of aromatic nitrogens is 4. The fraction of sp³-hybridized carbons (Fsp3) is 0.455. The molecule has 15 heteroatoms. The smallest absolute Gasteiger partial charge is 0.407 e. The lowest BCUT2D eigenvalue weighted by molar-refractivity contribution is -0.137. The molecule has 5 aromatic rings. The predicted molar refractivity (Wildman–Crippen MR) is 219 cm³/mol. The summed E-state index contributed by atoms with van der Waals surface area (Å²) in [4.78, 5) is 71.9. The van der Waals surface area contributed by atoms with E-state index in [0.717, 1.165) is 53.1 Å². The molecule has 3 aliphatic rings. The topological polar surface area (TPSA) is 175 Å². The number of nitrogens with zero attached hydrogens (tertiary/aromatic N) is 4. The van der Waals surface area contributed by atoms with Gasteiger partial charge in [-0.2, -0.15) is 0 Å². The molecule has 2 saturated heterocycles. The molecule has 1 saturated carbocycles. The van der Waals surface area contributed by atoms with Gasteiger partial charge in [0.15, 0.2) is 0 Å². The van der Waals surface area contributed by atoms with Crippen molar-refractivity contribution in [1.82, 2.24) is 40.4 Å². The molecule has 2 unspecified atom stereocenters. The van der Waals surface area contributed by atoms with Crippen molar-refractivity contribution in [3.63, 3.8) is 0 Å². The van der Waals surface area contributed by atoms with Gasteiger partial charge in [0, 0.05) is 23.0 Å². The Bertz CT molecular complexity index is 2440. The molecule has 59 heavy (non-hydrogen) atoms. The zero-order valence-corrected chi connectivity index (χ0v) is 34.3. The molecule has 0 radical (unpaired) electrons. The molecule has 4 N–H and O–H groups in total. The van der Waals surface area contributed by atoms with E-state index in [9.17, 15) is 19.2 Å². The lowest BCUT2D eigenvalue weighted by atomic mass is 9.99. The van der Waals surface area contributed by atoms with Gasteiger partial charge in [0.2, 0.25) is 11.8 Å². The van der Waals surface area contributed by atoms with Crippen LogP contribution in [0, 0.1) is 23.6 Å². The van der Waals surface area contributed by atoms with Crippen LogP contribution in [0.3, 0.4) is 0 Å². The van der Waals surface area contributed by atoms with E-state index in [1.54, 1.807) is 12.3 Å². The van der Waals surface area contributed by atoms with E-state index in [-0.39, 0.29) is 47.8 Å². The molecule has 8 rings (SSSR count). The monoisotopic (exact) mass is 806 g/mol. The number of aromatic amines is 2. The number of H-pyrrole nitrogens is 2. The van der Waals surface area contributed by atoms with Crippen molar-refractivity contribution < 1.29 is 33.0 Å². The van der Waals surface area contributed by atoms with Gasteiger partial charge in [-0.1, -0.05) is 52.0 Å². The van der Waals surface area contributed by atoms with Gasteiger partial charge in [-0.05, 0) is 91.1 Å². The summed E-state index contributed by atoms with van der Waals surface area (Å²) in [5.74, 6) is 0.582. The number of alkyl carbamates (subject to hydrolysis) is 2. The molecule has 310 valence electrons. The number of piperidine rings is 1. The number of nitrogens with one attached hydrogen (secondary N) is 4. The highest BCUT2D eigenvalue weighted by atomic mass is 19.1. The van der Waals surface area contributed by atoms with Gasteiger partial charge in [0.25, 0.3) is 0 Å². The predicted octanol–water partition coefficient (Wildman–Crippen LogP) is 7.39. The molecule has 1 aliphatic carbocycles. The number of likely N-dealkylation sites (tertiary alicyclic amines) is 2. The number of methoxy groups -OCH3 is 2. The number of fused-ring (bicyclic) bond motifs is 4. The van der Waals surface area contributed by atoms with Crippen molar-refractivity contribution >= 4 is 45.8 Å². The lowest BCUT2D eigenvalue weighted by Gasteiger charge is -2.32. The molecule has 0 spiro atoms. The average molecular weight is 807 g/mol. The molecule has 7 atom stereocenters. The Kier molecular flexibility index (Phi) is 10.6. The second-order valence-corrected chi connectivity index (χ2v) is 16.9. The highest BCUT2D eigenvalue weighted by Gasteiger charge is 2.56. The largest absolute Gasteiger partial charge is 0.453 e. The van der Waals surface area contributed by atoms with Crippen molar-refractivity contribution in [3.8, 4) is 22.4 Å². The Balaban J connectivity index is 1.02. The van der Waals surface area contributed by atoms with Gasteiger partial charge in [-0.15, -0.1) is 0 Å². The molecule has 14 nitrogen and oxygen atoms in total. The summed E-state index contributed by atoms with van der Waals surface area (Å²) in [7, 11) is 2.55. The van der Waals surface area contributed by atoms with Crippen LogP contribution in [-0.2, 0) is 19.1 Å². The third kappa shape index (κ3) is 7.35. The third-order valence-corrected chi connectivity index (χ3v) is 12.4. The van der Waals surface area contributed by atoms with Crippen LogP contribution in [0.2, 0.25) is 0 Å². The number of hydrogen-bond donors (Lipinski definition) is 4. The highest BCUT2D eigenvalue weighted by molar-refractivity contribution is 6.05. The summed E-state index contributed by atoms with van der Waals surface area (Å²) in [6.07, 6.45) is 3.49. The summed E-state index contributed by atoms with van der Waals surface area (Å²) >= 11 is 0. The molecule has 0 bridgehead atoms. The summed E-state index contributed by atoms with van der Waals surface area (Å²) in [5, 5.41) is 7.26.